The monoisotopic (exact) mass is 1970 g/mol. The minimum atomic E-state index is -1.29. The lowest BCUT2D eigenvalue weighted by molar-refractivity contribution is 1.58. The Morgan fingerprint density at radius 1 is 0.0811 bits per heavy atom. The van der Waals surface area contributed by atoms with Gasteiger partial charge >= 0.3 is 0 Å². The van der Waals surface area contributed by atoms with Crippen molar-refractivity contribution < 1.29 is 134 Å². The van der Waals surface area contributed by atoms with Crippen molar-refractivity contribution in [3.63, 3.8) is 0 Å². The third-order valence-corrected chi connectivity index (χ3v) is 22.6. The highest BCUT2D eigenvalue weighted by atomic mass is 14.3. The fraction of sp³-hybridized carbons (Fsp3) is 0. The molecule has 0 aliphatic heterocycles. The molecular weight excluding hydrogens is 1780 g/mol. The molecule has 0 aliphatic carbocycles. The van der Waals surface area contributed by atoms with Crippen LogP contribution in [0.25, 0.3) is 275 Å². The fourth-order valence-electron chi connectivity index (χ4n) is 16.3. The van der Waals surface area contributed by atoms with Crippen molar-refractivity contribution in [3.05, 3.63) is 592 Å². The maximum atomic E-state index is 10.4. The van der Waals surface area contributed by atoms with E-state index < -0.39 is 867 Å². The van der Waals surface area contributed by atoms with E-state index in [0.717, 1.165) is 0 Å². The Labute approximate surface area is 1000 Å². The Morgan fingerprint density at radius 2 is 0.264 bits per heavy atom. The van der Waals surface area contributed by atoms with Gasteiger partial charge in [-0.3, -0.25) is 0 Å². The molecule has 0 heteroatoms. The Morgan fingerprint density at radius 3 is 0.547 bits per heavy atom. The third-order valence-electron chi connectivity index (χ3n) is 22.6. The number of benzene rings is 28. The summed E-state index contributed by atoms with van der Waals surface area (Å²) in [4.78, 5) is 0. The molecule has 148 heavy (non-hydrogen) atoms. The van der Waals surface area contributed by atoms with Gasteiger partial charge in [0.15, 0.2) is 0 Å². The summed E-state index contributed by atoms with van der Waals surface area (Å²) in [5.74, 6) is 0. The van der Waals surface area contributed by atoms with Crippen molar-refractivity contribution >= 4 is 108 Å². The normalized spacial score (nSPS) is 20.6. The van der Waals surface area contributed by atoms with Crippen LogP contribution in [-0.4, -0.2) is 0 Å². The molecule has 0 fully saturated rings. The summed E-state index contributed by atoms with van der Waals surface area (Å²) in [6.45, 7) is 0. The third kappa shape index (κ3) is 17.2. The van der Waals surface area contributed by atoms with Gasteiger partial charge in [-0.15, -0.1) is 0 Å². The Bertz CT molecular complexity index is 16000. The first-order valence-corrected chi connectivity index (χ1v) is 43.2. The molecular formula is C148H98. The van der Waals surface area contributed by atoms with E-state index in [-0.39, 0.29) is 0 Å². The molecule has 0 amide bonds. The van der Waals surface area contributed by atoms with E-state index in [2.05, 4.69) is 0 Å². The summed E-state index contributed by atoms with van der Waals surface area (Å²) in [6.07, 6.45) is 0. The number of rotatable bonds is 15. The average molecular weight is 1980 g/mol. The molecule has 0 nitrogen and oxygen atoms in total. The van der Waals surface area contributed by atoms with Gasteiger partial charge in [0.2, 0.25) is 0 Å². The van der Waals surface area contributed by atoms with Gasteiger partial charge in [0.05, 0.1) is 134 Å². The predicted octanol–water partition coefficient (Wildman–Crippen LogP) is 41.6. The maximum Gasteiger partial charge on any atom is 0.0636 e. The standard InChI is InChI=1S/C52H34.2C48H32/c1-3-14-35(15-4-1)42-31-43(36-16-5-2-6-17-36)33-44(32-42)52-48-24-12-11-23-47(48)51(41-27-26-37-18-7-8-20-39(37)30-41)50-34-40(28-29-49(50)52)46-25-13-21-38-19-9-10-22-45(38)46;1-4-14-33(15-5-1)38-26-27-45-46(32-38)47(39-25-24-36-20-10-11-21-37(36)28-39)43-22-12-13-23-44(43)48(45)42-30-40(34-16-6-2-7-17-34)29-41(31-42)35-18-8-3-9-19-35;1-4-14-33(15-5-1)38-26-27-45-46(32-38)48(42-30-40(34-16-6-2-7-17-34)29-41(31-42)35-18-8-3-9-19-35)44-23-13-12-22-43(44)47(45)39-25-24-36-20-10-11-21-37(36)28-39/h1-34H;2*1-32H/i1D,2D,3D,4D,5D,6D,7D,8D,9D,10D,11D,12D,13D,14D,15D,16D,17D,18D,19D,20D,21D,22D,23D,24D,25D,26D,27D,28D,29D,30D,31D,32D,33D,34D;2*1D,2D,3D,4D,5D,6D,7D,8D,9D,10D,11D,12D,13D,14D,15D,16D,17D,18D,19D,20D,21D,22D,23D,24D,25D,26D,27D,28D,29D,30D,31D,32D. The largest absolute Gasteiger partial charge is 0.0636 e. The van der Waals surface area contributed by atoms with Gasteiger partial charge in [-0.25, -0.2) is 0 Å². The average Bonchev–Trinajstić information content (AvgIpc) is 0.679. The van der Waals surface area contributed by atoms with Crippen molar-refractivity contribution in [1.29, 1.82) is 0 Å². The number of hydrogen-bond acceptors (Lipinski definition) is 0. The minimum Gasteiger partial charge on any atom is -0.0622 e. The molecule has 0 saturated carbocycles. The van der Waals surface area contributed by atoms with Crippen LogP contribution < -0.4 is 0 Å². The predicted molar refractivity (Wildman–Crippen MR) is 636 cm³/mol. The van der Waals surface area contributed by atoms with Crippen LogP contribution in [0.5, 0.6) is 0 Å². The van der Waals surface area contributed by atoms with Crippen LogP contribution in [0.4, 0.5) is 0 Å². The lowest BCUT2D eigenvalue weighted by Gasteiger charge is -2.20. The van der Waals surface area contributed by atoms with Gasteiger partial charge in [0.1, 0.15) is 0 Å². The van der Waals surface area contributed by atoms with Crippen molar-refractivity contribution in [2.24, 2.45) is 0 Å². The Kier molecular flexibility index (Phi) is 8.79. The number of fused-ring (bicyclic) bond motifs is 10. The molecule has 0 heterocycles. The summed E-state index contributed by atoms with van der Waals surface area (Å²) in [6, 6.07) is -106. The highest BCUT2D eigenvalue weighted by molar-refractivity contribution is 6.27. The summed E-state index contributed by atoms with van der Waals surface area (Å²) >= 11 is 0. The van der Waals surface area contributed by atoms with Crippen LogP contribution >= 0.6 is 0 Å². The molecule has 28 aromatic rings. The lowest BCUT2D eigenvalue weighted by atomic mass is 9.83. The van der Waals surface area contributed by atoms with Gasteiger partial charge in [-0.1, -0.05) is 502 Å². The van der Waals surface area contributed by atoms with Crippen molar-refractivity contribution in [1.82, 2.24) is 0 Å². The minimum absolute atomic E-state index is 0.674. The maximum absolute atomic E-state index is 10.4. The summed E-state index contributed by atoms with van der Waals surface area (Å²) in [5, 5.41) is -17.5. The van der Waals surface area contributed by atoms with Gasteiger partial charge in [0, 0.05) is 0 Å². The molecule has 0 saturated heterocycles. The number of hydrogen-bond donors (Lipinski definition) is 0. The van der Waals surface area contributed by atoms with Crippen molar-refractivity contribution in [2.75, 3.05) is 0 Å². The molecule has 690 valence electrons. The van der Waals surface area contributed by atoms with Crippen molar-refractivity contribution in [2.45, 2.75) is 0 Å². The zero-order chi connectivity index (χ0) is 183. The Balaban J connectivity index is 0.000000166. The SMILES string of the molecule is [2H]c1c([2H])c([2H])c(-c2c([2H])c(-c3c([2H])c([2H])c([2H])c([2H])c3[2H])c([2H])c(-c3c4c([2H])c([2H])c([2H])c([2H])c4c(-c4c([2H])c([2H])c5c([2H])c([2H])c([2H])c([2H])c5c4[2H])c4c([2H])c(-c5c([2H])c([2H])c([2H])c([2H])c5[2H])c([2H])c([2H])c34)c2[2H])c([2H])c1[2H].[2H]c1c([2H])c([2H])c(-c2c([2H])c(-c3c([2H])c([2H])c([2H])c([2H])c3[2H])c([2H])c(-c3c4c([2H])c([2H])c([2H])c([2H])c4c(-c4c([2H])c([2H])c5c([2H])c([2H])c([2H])c([2H])c5c4[2H])c4c([2H])c(-c5c([2H])c([2H])c([2H])c6c([2H])c([2H])c([2H])c([2H])c56)c([2H])c([2H])c34)c2[2H])c([2H])c1[2H].[2H]c1c([2H])c([2H])c(-c2c([2H])c(-c3c([2H])c([2H])c([2H])c([2H])c3[2H])c([2H])c(-c3c4c([2H])c([2H])c([2H])c([2H])c4c(-c4c([2H])c([2H])c5c([2H])c([2H])c([2H])c([2H])c5c4[2H])c4c([2H])c([2H])c(-c5c([2H])c([2H])c([2H])c([2H])c5[2H])c([2H])c34)c2[2H])c([2H])c1[2H]. The molecule has 0 aliphatic rings. The smallest absolute Gasteiger partial charge is 0.0622 e. The van der Waals surface area contributed by atoms with Crippen molar-refractivity contribution in [3.8, 4) is 167 Å². The van der Waals surface area contributed by atoms with E-state index in [1.54, 1.807) is 0 Å². The van der Waals surface area contributed by atoms with Crippen LogP contribution in [-0.2, 0) is 0 Å². The molecule has 0 spiro atoms. The van der Waals surface area contributed by atoms with E-state index >= 15 is 0 Å². The zero-order valence-electron chi connectivity index (χ0n) is 172. The lowest BCUT2D eigenvalue weighted by Crippen LogP contribution is -1.93. The van der Waals surface area contributed by atoms with E-state index in [0.29, 0.717) is 0 Å². The molecule has 0 bridgehead atoms. The quantitative estimate of drug-likeness (QED) is 0.0898. The molecule has 0 radical (unpaired) electrons. The van der Waals surface area contributed by atoms with E-state index in [1.165, 1.54) is 0 Å². The van der Waals surface area contributed by atoms with Crippen LogP contribution in [0.15, 0.2) is 592 Å². The first-order valence-electron chi connectivity index (χ1n) is 92.2. The second-order valence-electron chi connectivity index (χ2n) is 31.0. The first kappa shape index (κ1) is 33.2. The second kappa shape index (κ2) is 39.2. The van der Waals surface area contributed by atoms with Gasteiger partial charge in [0.25, 0.3) is 0 Å². The van der Waals surface area contributed by atoms with Crippen LogP contribution in [0.2, 0.25) is 0 Å². The van der Waals surface area contributed by atoms with Crippen LogP contribution in [0, 0.1) is 0 Å². The molecule has 28 aromatic carbocycles. The van der Waals surface area contributed by atoms with Gasteiger partial charge in [-0.05, 0) is 365 Å². The summed E-state index contributed by atoms with van der Waals surface area (Å²) < 4.78 is 890. The van der Waals surface area contributed by atoms with Crippen LogP contribution in [0.1, 0.15) is 134 Å². The van der Waals surface area contributed by atoms with Crippen LogP contribution in [0.3, 0.4) is 0 Å². The summed E-state index contributed by atoms with van der Waals surface area (Å²) in [5.41, 5.74) is -29.9. The highest BCUT2D eigenvalue weighted by Crippen LogP contribution is 2.53. The molecule has 28 rings (SSSR count). The highest BCUT2D eigenvalue weighted by Gasteiger charge is 2.26. The van der Waals surface area contributed by atoms with E-state index in [1.807, 2.05) is 0 Å². The van der Waals surface area contributed by atoms with Gasteiger partial charge in [-0.2, -0.15) is 0 Å². The second-order valence-corrected chi connectivity index (χ2v) is 31.0. The van der Waals surface area contributed by atoms with Gasteiger partial charge < -0.3 is 0 Å². The fourth-order valence-corrected chi connectivity index (χ4v) is 16.3. The zero-order valence-corrected chi connectivity index (χ0v) is 74.0. The summed E-state index contributed by atoms with van der Waals surface area (Å²) in [7, 11) is 0. The molecule has 0 unspecified atom stereocenters. The topological polar surface area (TPSA) is 0 Å². The van der Waals surface area contributed by atoms with E-state index in [4.69, 9.17) is 87.7 Å². The first-order chi connectivity index (χ1) is 114. The van der Waals surface area contributed by atoms with E-state index in [9.17, 15) is 46.6 Å². The molecule has 0 aromatic heterocycles. The Hall–Kier alpha value is -19.2. The molecule has 0 N–H and O–H groups in total. The molecule has 0 atom stereocenters.